The standard InChI is InChI=1S/C24H21Cl2N3O5S2/c25-18-3-1-4-19(26)22(18)23(30)28-20(24(31)32)13-17-7-6-16(14-27-17)15-8-10-29(11-9-15)36(33,34)21-5-2-12-35-21/h1-8,12,14,20H,9-11,13H2,(H,28,30)(H,31,32)/t20-/m0/s1. The molecule has 1 aromatic carbocycles. The normalized spacial score (nSPS) is 15.2. The Labute approximate surface area is 222 Å². The molecule has 188 valence electrons. The first-order chi connectivity index (χ1) is 17.2. The number of amides is 1. The summed E-state index contributed by atoms with van der Waals surface area (Å²) in [6.07, 6.45) is 3.96. The van der Waals surface area contributed by atoms with Crippen molar-refractivity contribution >= 4 is 62.0 Å². The van der Waals surface area contributed by atoms with Crippen LogP contribution in [0.25, 0.3) is 5.57 Å². The molecular formula is C24H21Cl2N3O5S2. The fourth-order valence-electron chi connectivity index (χ4n) is 3.76. The Morgan fingerprint density at radius 1 is 1.14 bits per heavy atom. The highest BCUT2D eigenvalue weighted by Crippen LogP contribution is 2.28. The summed E-state index contributed by atoms with van der Waals surface area (Å²) >= 11 is 13.3. The minimum Gasteiger partial charge on any atom is -0.480 e. The third-order valence-electron chi connectivity index (χ3n) is 5.66. The van der Waals surface area contributed by atoms with Crippen molar-refractivity contribution in [3.05, 3.63) is 87.0 Å². The van der Waals surface area contributed by atoms with Gasteiger partial charge in [-0.1, -0.05) is 47.5 Å². The van der Waals surface area contributed by atoms with Crippen LogP contribution in [0.1, 0.15) is 28.0 Å². The number of aliphatic carboxylic acids is 1. The Morgan fingerprint density at radius 2 is 1.89 bits per heavy atom. The summed E-state index contributed by atoms with van der Waals surface area (Å²) in [6, 6.07) is 10.1. The van der Waals surface area contributed by atoms with E-state index in [0.29, 0.717) is 22.9 Å². The molecule has 2 N–H and O–H groups in total. The van der Waals surface area contributed by atoms with Gasteiger partial charge in [0, 0.05) is 31.4 Å². The lowest BCUT2D eigenvalue weighted by atomic mass is 10.0. The first-order valence-electron chi connectivity index (χ1n) is 10.8. The van der Waals surface area contributed by atoms with E-state index in [-0.39, 0.29) is 28.6 Å². The molecule has 3 aromatic rings. The molecule has 0 aliphatic carbocycles. The zero-order chi connectivity index (χ0) is 25.9. The number of carbonyl (C=O) groups is 2. The van der Waals surface area contributed by atoms with Gasteiger partial charge in [-0.2, -0.15) is 4.31 Å². The molecular weight excluding hydrogens is 545 g/mol. The molecule has 4 rings (SSSR count). The van der Waals surface area contributed by atoms with E-state index in [4.69, 9.17) is 23.2 Å². The summed E-state index contributed by atoms with van der Waals surface area (Å²) in [5.41, 5.74) is 2.26. The minimum absolute atomic E-state index is 0.00904. The van der Waals surface area contributed by atoms with Crippen molar-refractivity contribution in [3.63, 3.8) is 0 Å². The number of thiophene rings is 1. The number of aromatic nitrogens is 1. The Balaban J connectivity index is 1.42. The van der Waals surface area contributed by atoms with Crippen LogP contribution in [0.4, 0.5) is 0 Å². The topological polar surface area (TPSA) is 117 Å². The smallest absolute Gasteiger partial charge is 0.326 e. The quantitative estimate of drug-likeness (QED) is 0.419. The van der Waals surface area contributed by atoms with Crippen LogP contribution in [-0.4, -0.2) is 53.8 Å². The molecule has 36 heavy (non-hydrogen) atoms. The maximum Gasteiger partial charge on any atom is 0.326 e. The lowest BCUT2D eigenvalue weighted by Crippen LogP contribution is -2.42. The van der Waals surface area contributed by atoms with Crippen LogP contribution in [0.3, 0.4) is 0 Å². The zero-order valence-corrected chi connectivity index (χ0v) is 21.9. The van der Waals surface area contributed by atoms with E-state index in [1.807, 2.05) is 12.1 Å². The Bertz CT molecular complexity index is 1390. The van der Waals surface area contributed by atoms with Gasteiger partial charge in [0.2, 0.25) is 0 Å². The molecule has 1 aliphatic rings. The number of benzene rings is 1. The van der Waals surface area contributed by atoms with Crippen molar-refractivity contribution in [2.75, 3.05) is 13.1 Å². The number of pyridine rings is 1. The number of halogens is 2. The van der Waals surface area contributed by atoms with Crippen LogP contribution in [0, 0.1) is 0 Å². The summed E-state index contributed by atoms with van der Waals surface area (Å²) in [5.74, 6) is -1.91. The van der Waals surface area contributed by atoms with Gasteiger partial charge in [0.1, 0.15) is 10.3 Å². The van der Waals surface area contributed by atoms with E-state index in [2.05, 4.69) is 10.3 Å². The number of carbonyl (C=O) groups excluding carboxylic acids is 1. The van der Waals surface area contributed by atoms with Gasteiger partial charge in [0.25, 0.3) is 15.9 Å². The van der Waals surface area contributed by atoms with Gasteiger partial charge in [-0.05, 0) is 47.2 Å². The summed E-state index contributed by atoms with van der Waals surface area (Å²) in [7, 11) is -3.50. The maximum atomic E-state index is 12.7. The molecule has 0 fully saturated rings. The number of carboxylic acids is 1. The third-order valence-corrected chi connectivity index (χ3v) is 9.53. The van der Waals surface area contributed by atoms with Crippen molar-refractivity contribution in [1.82, 2.24) is 14.6 Å². The second-order valence-electron chi connectivity index (χ2n) is 7.98. The zero-order valence-electron chi connectivity index (χ0n) is 18.7. The molecule has 0 unspecified atom stereocenters. The summed E-state index contributed by atoms with van der Waals surface area (Å²) < 4.78 is 27.2. The number of nitrogens with zero attached hydrogens (tertiary/aromatic N) is 2. The molecule has 0 radical (unpaired) electrons. The van der Waals surface area contributed by atoms with Crippen LogP contribution in [-0.2, 0) is 21.2 Å². The van der Waals surface area contributed by atoms with E-state index in [9.17, 15) is 23.1 Å². The van der Waals surface area contributed by atoms with Gasteiger partial charge < -0.3 is 10.4 Å². The van der Waals surface area contributed by atoms with Crippen LogP contribution in [0.5, 0.6) is 0 Å². The van der Waals surface area contributed by atoms with Crippen LogP contribution in [0.15, 0.2) is 64.3 Å². The van der Waals surface area contributed by atoms with E-state index >= 15 is 0 Å². The summed E-state index contributed by atoms with van der Waals surface area (Å²) in [6.45, 7) is 0.612. The number of rotatable bonds is 8. The lowest BCUT2D eigenvalue weighted by Gasteiger charge is -2.25. The SMILES string of the molecule is O=C(N[C@@H](Cc1ccc(C2=CCN(S(=O)(=O)c3cccs3)CC2)cn1)C(=O)O)c1c(Cl)cccc1Cl. The molecule has 0 saturated heterocycles. The fraction of sp³-hybridized carbons (Fsp3) is 0.208. The van der Waals surface area contributed by atoms with Crippen molar-refractivity contribution in [1.29, 1.82) is 0 Å². The van der Waals surface area contributed by atoms with E-state index in [0.717, 1.165) is 11.1 Å². The number of carboxylic acid groups (broad SMARTS) is 1. The van der Waals surface area contributed by atoms with Gasteiger partial charge in [0.05, 0.1) is 15.6 Å². The number of sulfonamides is 1. The highest BCUT2D eigenvalue weighted by atomic mass is 35.5. The number of hydrogen-bond donors (Lipinski definition) is 2. The molecule has 0 bridgehead atoms. The first-order valence-corrected chi connectivity index (χ1v) is 13.9. The van der Waals surface area contributed by atoms with Crippen molar-refractivity contribution in [3.8, 4) is 0 Å². The maximum absolute atomic E-state index is 12.7. The summed E-state index contributed by atoms with van der Waals surface area (Å²) in [4.78, 5) is 28.7. The second kappa shape index (κ2) is 11.1. The van der Waals surface area contributed by atoms with E-state index < -0.39 is 27.9 Å². The molecule has 3 heterocycles. The summed E-state index contributed by atoms with van der Waals surface area (Å²) in [5, 5.41) is 14.0. The Kier molecular flexibility index (Phi) is 8.11. The van der Waals surface area contributed by atoms with Crippen molar-refractivity contribution < 1.29 is 23.1 Å². The fourth-order valence-corrected chi connectivity index (χ4v) is 6.85. The first kappa shape index (κ1) is 26.3. The highest BCUT2D eigenvalue weighted by molar-refractivity contribution is 7.91. The lowest BCUT2D eigenvalue weighted by molar-refractivity contribution is -0.139. The van der Waals surface area contributed by atoms with Crippen molar-refractivity contribution in [2.45, 2.75) is 23.1 Å². The van der Waals surface area contributed by atoms with Crippen LogP contribution in [0.2, 0.25) is 10.0 Å². The van der Waals surface area contributed by atoms with Gasteiger partial charge in [-0.25, -0.2) is 13.2 Å². The predicted octanol–water partition coefficient (Wildman–Crippen LogP) is 4.35. The molecule has 2 aromatic heterocycles. The van der Waals surface area contributed by atoms with Gasteiger partial charge in [-0.3, -0.25) is 9.78 Å². The second-order valence-corrected chi connectivity index (χ2v) is 11.9. The monoisotopic (exact) mass is 565 g/mol. The van der Waals surface area contributed by atoms with Gasteiger partial charge in [0.15, 0.2) is 0 Å². The van der Waals surface area contributed by atoms with Crippen LogP contribution >= 0.6 is 34.5 Å². The average Bonchev–Trinajstić information content (AvgIpc) is 3.40. The predicted molar refractivity (Wildman–Crippen MR) is 139 cm³/mol. The molecule has 1 aliphatic heterocycles. The Hall–Kier alpha value is -2.76. The van der Waals surface area contributed by atoms with Crippen LogP contribution < -0.4 is 5.32 Å². The average molecular weight is 566 g/mol. The number of hydrogen-bond acceptors (Lipinski definition) is 6. The molecule has 0 saturated carbocycles. The largest absolute Gasteiger partial charge is 0.480 e. The van der Waals surface area contributed by atoms with Gasteiger partial charge >= 0.3 is 5.97 Å². The minimum atomic E-state index is -3.50. The number of nitrogens with one attached hydrogen (secondary N) is 1. The third kappa shape index (κ3) is 5.79. The Morgan fingerprint density at radius 3 is 2.44 bits per heavy atom. The molecule has 1 amide bonds. The van der Waals surface area contributed by atoms with E-state index in [1.165, 1.54) is 27.8 Å². The molecule has 1 atom stereocenters. The van der Waals surface area contributed by atoms with Crippen molar-refractivity contribution in [2.24, 2.45) is 0 Å². The highest BCUT2D eigenvalue weighted by Gasteiger charge is 2.28. The van der Waals surface area contributed by atoms with E-state index in [1.54, 1.807) is 35.8 Å². The molecule has 8 nitrogen and oxygen atoms in total. The van der Waals surface area contributed by atoms with Gasteiger partial charge in [-0.15, -0.1) is 11.3 Å². The molecule has 0 spiro atoms. The molecule has 12 heteroatoms.